The fourth-order valence-electron chi connectivity index (χ4n) is 9.93. The van der Waals surface area contributed by atoms with Crippen molar-refractivity contribution in [3.63, 3.8) is 0 Å². The Morgan fingerprint density at radius 1 is 0.526 bits per heavy atom. The van der Waals surface area contributed by atoms with Crippen LogP contribution in [0.2, 0.25) is 0 Å². The summed E-state index contributed by atoms with van der Waals surface area (Å²) in [5, 5.41) is 4.87. The number of nitrogens with zero attached hydrogens (tertiary/aromatic N) is 3. The molecule has 2 aliphatic rings. The second-order valence-electron chi connectivity index (χ2n) is 16.7. The van der Waals surface area contributed by atoms with E-state index in [2.05, 4.69) is 169 Å². The van der Waals surface area contributed by atoms with Crippen molar-refractivity contribution in [3.05, 3.63) is 181 Å². The lowest BCUT2D eigenvalue weighted by molar-refractivity contribution is 0.590. The van der Waals surface area contributed by atoms with Crippen molar-refractivity contribution in [2.75, 3.05) is 4.90 Å². The Balaban J connectivity index is 1.20. The smallest absolute Gasteiger partial charge is 0.252 e. The number of benzene rings is 8. The molecule has 2 aliphatic heterocycles. The highest BCUT2D eigenvalue weighted by Gasteiger charge is 2.42. The van der Waals surface area contributed by atoms with Gasteiger partial charge in [0.15, 0.2) is 0 Å². The van der Waals surface area contributed by atoms with Crippen molar-refractivity contribution in [3.8, 4) is 22.5 Å². The molecule has 270 valence electrons. The van der Waals surface area contributed by atoms with Crippen molar-refractivity contribution >= 4 is 83.8 Å². The van der Waals surface area contributed by atoms with Gasteiger partial charge in [-0.3, -0.25) is 0 Å². The van der Waals surface area contributed by atoms with Crippen LogP contribution in [-0.4, -0.2) is 15.8 Å². The van der Waals surface area contributed by atoms with Gasteiger partial charge in [0.1, 0.15) is 0 Å². The van der Waals surface area contributed by atoms with E-state index in [1.165, 1.54) is 49.1 Å². The first-order chi connectivity index (χ1) is 29.9. The van der Waals surface area contributed by atoms with Gasteiger partial charge in [-0.15, -0.1) is 0 Å². The molecule has 8 aromatic carbocycles. The highest BCUT2D eigenvalue weighted by Crippen LogP contribution is 2.46. The Morgan fingerprint density at radius 3 is 2.02 bits per heavy atom. The van der Waals surface area contributed by atoms with E-state index in [4.69, 9.17) is 6.85 Å². The molecule has 0 bridgehead atoms. The number of hydrogen-bond donors (Lipinski definition) is 0. The summed E-state index contributed by atoms with van der Waals surface area (Å²) >= 11 is 0. The van der Waals surface area contributed by atoms with Gasteiger partial charge in [0.25, 0.3) is 6.71 Å². The van der Waals surface area contributed by atoms with Crippen LogP contribution in [-0.2, 0) is 5.41 Å². The first-order valence-electron chi connectivity index (χ1n) is 22.2. The summed E-state index contributed by atoms with van der Waals surface area (Å²) in [6.07, 6.45) is 0. The lowest BCUT2D eigenvalue weighted by Crippen LogP contribution is -2.60. The van der Waals surface area contributed by atoms with Crippen LogP contribution in [0.4, 0.5) is 17.1 Å². The molecule has 0 saturated heterocycles. The van der Waals surface area contributed by atoms with Gasteiger partial charge in [-0.05, 0) is 112 Å². The summed E-state index contributed by atoms with van der Waals surface area (Å²) in [6.45, 7) is 8.69. The number of hydrogen-bond acceptors (Lipinski definition) is 1. The lowest BCUT2D eigenvalue weighted by Gasteiger charge is -2.41. The minimum absolute atomic E-state index is 0.0382. The minimum atomic E-state index is -0.396. The van der Waals surface area contributed by atoms with Gasteiger partial charge in [-0.25, -0.2) is 0 Å². The molecule has 4 heterocycles. The maximum absolute atomic E-state index is 8.95. The number of fused-ring (bicyclic) bond motifs is 11. The molecule has 0 N–H and O–H groups in total. The van der Waals surface area contributed by atoms with Crippen LogP contribution in [0.15, 0.2) is 170 Å². The van der Waals surface area contributed by atoms with Crippen LogP contribution in [0.5, 0.6) is 0 Å². The number of aromatic nitrogens is 2. The predicted molar refractivity (Wildman–Crippen MR) is 243 cm³/mol. The van der Waals surface area contributed by atoms with Gasteiger partial charge >= 0.3 is 0 Å². The predicted octanol–water partition coefficient (Wildman–Crippen LogP) is 11.8. The number of rotatable bonds is 3. The van der Waals surface area contributed by atoms with E-state index in [9.17, 15) is 0 Å². The Morgan fingerprint density at radius 2 is 1.23 bits per heavy atom. The molecule has 0 amide bonds. The van der Waals surface area contributed by atoms with Crippen molar-refractivity contribution in [2.24, 2.45) is 0 Å². The molecular weight excluding hydrogens is 689 g/mol. The molecule has 12 rings (SSSR count). The normalized spacial score (nSPS) is 14.4. The molecule has 57 heavy (non-hydrogen) atoms. The standard InChI is InChI=1S/C53H40BN3/c1-33-30-47-51-48(31-33)57-45-29-28-44-49(39-18-11-12-21-43(39)55(44)37-16-9-6-10-17-37)50(45)40-19-13-20-42(52(40)57)54(51)41-27-22-35(34-14-7-5-8-15-34)32-46(41)56(47)38-25-23-36(24-26-38)53(2,3)4/h5-32H,1-4H3/i5D,7D,8D,14D,15D. The van der Waals surface area contributed by atoms with Crippen LogP contribution in [0.3, 0.4) is 0 Å². The number of aryl methyl sites for hydroxylation is 1. The summed E-state index contributed by atoms with van der Waals surface area (Å²) in [5.74, 6) is 0. The van der Waals surface area contributed by atoms with Gasteiger partial charge in [0.05, 0.1) is 23.4 Å². The highest BCUT2D eigenvalue weighted by molar-refractivity contribution is 7.00. The van der Waals surface area contributed by atoms with E-state index in [1.54, 1.807) is 0 Å². The Labute approximate surface area is 340 Å². The molecule has 0 aliphatic carbocycles. The van der Waals surface area contributed by atoms with Gasteiger partial charge in [-0.1, -0.05) is 130 Å². The Bertz CT molecular complexity index is 3550. The van der Waals surface area contributed by atoms with E-state index in [-0.39, 0.29) is 41.9 Å². The van der Waals surface area contributed by atoms with E-state index in [0.717, 1.165) is 50.5 Å². The third-order valence-corrected chi connectivity index (χ3v) is 12.4. The molecule has 3 nitrogen and oxygen atoms in total. The highest BCUT2D eigenvalue weighted by atomic mass is 15.2. The summed E-state index contributed by atoms with van der Waals surface area (Å²) in [7, 11) is 0. The van der Waals surface area contributed by atoms with Crippen LogP contribution in [0, 0.1) is 6.92 Å². The molecule has 0 atom stereocenters. The fourth-order valence-corrected chi connectivity index (χ4v) is 9.93. The quantitative estimate of drug-likeness (QED) is 0.165. The molecule has 0 unspecified atom stereocenters. The topological polar surface area (TPSA) is 13.1 Å². The zero-order valence-electron chi connectivity index (χ0n) is 37.2. The van der Waals surface area contributed by atoms with Gasteiger partial charge in [0, 0.05) is 55.5 Å². The molecule has 0 fully saturated rings. The molecule has 0 radical (unpaired) electrons. The maximum atomic E-state index is 8.95. The summed E-state index contributed by atoms with van der Waals surface area (Å²) in [6, 6.07) is 48.7. The average Bonchev–Trinajstić information content (AvgIpc) is 3.80. The zero-order valence-corrected chi connectivity index (χ0v) is 32.2. The molecule has 4 heteroatoms. The first kappa shape index (κ1) is 27.7. The third-order valence-electron chi connectivity index (χ3n) is 12.4. The summed E-state index contributed by atoms with van der Waals surface area (Å²) in [5.41, 5.74) is 16.5. The molecule has 0 spiro atoms. The van der Waals surface area contributed by atoms with Gasteiger partial charge in [-0.2, -0.15) is 0 Å². The van der Waals surface area contributed by atoms with Crippen LogP contribution in [0.25, 0.3) is 66.1 Å². The first-order valence-corrected chi connectivity index (χ1v) is 19.7. The van der Waals surface area contributed by atoms with Crippen LogP contribution >= 0.6 is 0 Å². The van der Waals surface area contributed by atoms with Crippen molar-refractivity contribution in [2.45, 2.75) is 33.1 Å². The lowest BCUT2D eigenvalue weighted by atomic mass is 9.33. The van der Waals surface area contributed by atoms with E-state index >= 15 is 0 Å². The average molecular weight is 735 g/mol. The second kappa shape index (κ2) is 11.6. The van der Waals surface area contributed by atoms with Gasteiger partial charge < -0.3 is 14.0 Å². The monoisotopic (exact) mass is 734 g/mol. The van der Waals surface area contributed by atoms with Crippen LogP contribution in [0.1, 0.15) is 38.8 Å². The zero-order chi connectivity index (χ0) is 42.5. The SMILES string of the molecule is [2H]c1c([2H])c([2H])c(-c2ccc3c(c2)N(c2ccc(C(C)(C)C)cc2)c2cc(C)cc4c2B3c2cccc3c5c6c7ccccc7n(-c7ccccc7)c6ccc5n-4c23)c([2H])c1[2H]. The van der Waals surface area contributed by atoms with Gasteiger partial charge in [0.2, 0.25) is 0 Å². The fraction of sp³-hybridized carbons (Fsp3) is 0.0943. The molecule has 0 saturated carbocycles. The van der Waals surface area contributed by atoms with Crippen molar-refractivity contribution in [1.29, 1.82) is 0 Å². The number of para-hydroxylation sites is 3. The van der Waals surface area contributed by atoms with Crippen molar-refractivity contribution in [1.82, 2.24) is 9.13 Å². The van der Waals surface area contributed by atoms with Crippen molar-refractivity contribution < 1.29 is 6.85 Å². The summed E-state index contributed by atoms with van der Waals surface area (Å²) < 4.78 is 48.1. The van der Waals surface area contributed by atoms with E-state index < -0.39 is 6.04 Å². The minimum Gasteiger partial charge on any atom is -0.311 e. The third kappa shape index (κ3) is 4.50. The van der Waals surface area contributed by atoms with E-state index in [0.29, 0.717) is 5.56 Å². The molecule has 10 aromatic rings. The molecule has 2 aromatic heterocycles. The maximum Gasteiger partial charge on any atom is 0.252 e. The summed E-state index contributed by atoms with van der Waals surface area (Å²) in [4.78, 5) is 2.32. The Hall–Kier alpha value is -6.78. The number of anilines is 3. The largest absolute Gasteiger partial charge is 0.311 e. The van der Waals surface area contributed by atoms with E-state index in [1.807, 2.05) is 12.1 Å². The second-order valence-corrected chi connectivity index (χ2v) is 16.7. The van der Waals surface area contributed by atoms with Crippen LogP contribution < -0.4 is 21.3 Å². The Kier molecular flexibility index (Phi) is 5.66. The molecular formula is C53H40BN3.